The van der Waals surface area contributed by atoms with E-state index in [0.29, 0.717) is 0 Å². The van der Waals surface area contributed by atoms with E-state index in [-0.39, 0.29) is 17.3 Å². The standard InChI is InChI=1S/C11H14FN3O2S/c1-8(2)15(3)18(16,17)14-11-5-4-10(12)6-9(11)7-13/h4-6,8,14H,1-3H3. The summed E-state index contributed by atoms with van der Waals surface area (Å²) in [4.78, 5) is 0. The van der Waals surface area contributed by atoms with Gasteiger partial charge >= 0.3 is 10.2 Å². The van der Waals surface area contributed by atoms with Crippen LogP contribution < -0.4 is 4.72 Å². The van der Waals surface area contributed by atoms with E-state index < -0.39 is 16.0 Å². The number of benzene rings is 1. The van der Waals surface area contributed by atoms with Gasteiger partial charge in [0, 0.05) is 13.1 Å². The summed E-state index contributed by atoms with van der Waals surface area (Å²) in [6.45, 7) is 3.43. The van der Waals surface area contributed by atoms with Gasteiger partial charge in [0.15, 0.2) is 0 Å². The molecule has 0 fully saturated rings. The number of nitrogens with zero attached hydrogens (tertiary/aromatic N) is 2. The third-order valence-electron chi connectivity index (χ3n) is 2.45. The van der Waals surface area contributed by atoms with E-state index in [9.17, 15) is 12.8 Å². The third-order valence-corrected chi connectivity index (χ3v) is 4.11. The monoisotopic (exact) mass is 271 g/mol. The fourth-order valence-corrected chi connectivity index (χ4v) is 2.34. The number of anilines is 1. The van der Waals surface area contributed by atoms with E-state index in [4.69, 9.17) is 5.26 Å². The maximum Gasteiger partial charge on any atom is 0.301 e. The lowest BCUT2D eigenvalue weighted by atomic mass is 10.2. The second kappa shape index (κ2) is 5.33. The smallest absolute Gasteiger partial charge is 0.270 e. The molecule has 18 heavy (non-hydrogen) atoms. The highest BCUT2D eigenvalue weighted by Crippen LogP contribution is 2.18. The Morgan fingerprint density at radius 3 is 2.56 bits per heavy atom. The first-order chi connectivity index (χ1) is 8.27. The van der Waals surface area contributed by atoms with E-state index in [1.165, 1.54) is 13.1 Å². The maximum absolute atomic E-state index is 12.9. The number of hydrogen-bond acceptors (Lipinski definition) is 3. The largest absolute Gasteiger partial charge is 0.301 e. The van der Waals surface area contributed by atoms with E-state index in [2.05, 4.69) is 4.72 Å². The predicted molar refractivity (Wildman–Crippen MR) is 66.6 cm³/mol. The van der Waals surface area contributed by atoms with Crippen molar-refractivity contribution in [3.8, 4) is 6.07 Å². The number of nitrogens with one attached hydrogen (secondary N) is 1. The lowest BCUT2D eigenvalue weighted by Crippen LogP contribution is -2.37. The molecule has 1 aromatic rings. The Labute approximate surface area is 106 Å². The molecule has 7 heteroatoms. The molecule has 1 aromatic carbocycles. The third kappa shape index (κ3) is 3.18. The zero-order valence-corrected chi connectivity index (χ0v) is 11.1. The molecule has 0 atom stereocenters. The molecule has 0 saturated carbocycles. The molecule has 0 radical (unpaired) electrons. The molecule has 0 spiro atoms. The van der Waals surface area contributed by atoms with Crippen molar-refractivity contribution < 1.29 is 12.8 Å². The summed E-state index contributed by atoms with van der Waals surface area (Å²) < 4.78 is 40.1. The number of rotatable bonds is 4. The first-order valence-corrected chi connectivity index (χ1v) is 6.67. The van der Waals surface area contributed by atoms with Crippen LogP contribution in [0.15, 0.2) is 18.2 Å². The van der Waals surface area contributed by atoms with Crippen LogP contribution in [0.5, 0.6) is 0 Å². The maximum atomic E-state index is 12.9. The van der Waals surface area contributed by atoms with E-state index in [0.717, 1.165) is 16.4 Å². The Morgan fingerprint density at radius 2 is 2.06 bits per heavy atom. The number of nitriles is 1. The van der Waals surface area contributed by atoms with Crippen LogP contribution in [0.1, 0.15) is 19.4 Å². The lowest BCUT2D eigenvalue weighted by molar-refractivity contribution is 0.414. The SMILES string of the molecule is CC(C)N(C)S(=O)(=O)Nc1ccc(F)cc1C#N. The van der Waals surface area contributed by atoms with Crippen molar-refractivity contribution in [2.24, 2.45) is 0 Å². The minimum atomic E-state index is -3.75. The summed E-state index contributed by atoms with van der Waals surface area (Å²) in [5, 5.41) is 8.82. The van der Waals surface area contributed by atoms with Gasteiger partial charge in [-0.3, -0.25) is 4.72 Å². The zero-order chi connectivity index (χ0) is 13.9. The summed E-state index contributed by atoms with van der Waals surface area (Å²) in [6.07, 6.45) is 0. The van der Waals surface area contributed by atoms with E-state index >= 15 is 0 Å². The minimum Gasteiger partial charge on any atom is -0.270 e. The Kier molecular flexibility index (Phi) is 4.27. The molecule has 0 aliphatic heterocycles. The van der Waals surface area contributed by atoms with Gasteiger partial charge in [-0.25, -0.2) is 4.39 Å². The predicted octanol–water partition coefficient (Wildman–Crippen LogP) is 1.69. The van der Waals surface area contributed by atoms with Crippen molar-refractivity contribution in [2.75, 3.05) is 11.8 Å². The van der Waals surface area contributed by atoms with Gasteiger partial charge in [-0.1, -0.05) is 0 Å². The fraction of sp³-hybridized carbons (Fsp3) is 0.364. The van der Waals surface area contributed by atoms with Crippen LogP contribution in [0, 0.1) is 17.1 Å². The van der Waals surface area contributed by atoms with Crippen molar-refractivity contribution >= 4 is 15.9 Å². The highest BCUT2D eigenvalue weighted by Gasteiger charge is 2.21. The molecule has 0 amide bonds. The van der Waals surface area contributed by atoms with Crippen LogP contribution in [0.3, 0.4) is 0 Å². The van der Waals surface area contributed by atoms with Crippen LogP contribution in [0.25, 0.3) is 0 Å². The molecule has 0 unspecified atom stereocenters. The minimum absolute atomic E-state index is 0.0595. The van der Waals surface area contributed by atoms with Crippen LogP contribution in [-0.2, 0) is 10.2 Å². The van der Waals surface area contributed by atoms with Crippen molar-refractivity contribution in [1.29, 1.82) is 5.26 Å². The normalized spacial score (nSPS) is 11.6. The molecule has 0 aromatic heterocycles. The van der Waals surface area contributed by atoms with Crippen LogP contribution in [0.2, 0.25) is 0 Å². The molecule has 0 heterocycles. The van der Waals surface area contributed by atoms with Gasteiger partial charge in [0.2, 0.25) is 0 Å². The quantitative estimate of drug-likeness (QED) is 0.905. The van der Waals surface area contributed by atoms with Gasteiger partial charge in [-0.05, 0) is 32.0 Å². The molecule has 0 saturated heterocycles. The molecule has 0 aliphatic carbocycles. The zero-order valence-electron chi connectivity index (χ0n) is 10.3. The summed E-state index contributed by atoms with van der Waals surface area (Å²) >= 11 is 0. The van der Waals surface area contributed by atoms with Crippen LogP contribution >= 0.6 is 0 Å². The molecular formula is C11H14FN3O2S. The Hall–Kier alpha value is -1.65. The van der Waals surface area contributed by atoms with Gasteiger partial charge in [0.25, 0.3) is 0 Å². The summed E-state index contributed by atoms with van der Waals surface area (Å²) in [7, 11) is -2.33. The highest BCUT2D eigenvalue weighted by molar-refractivity contribution is 7.90. The number of halogens is 1. The van der Waals surface area contributed by atoms with Crippen molar-refractivity contribution in [1.82, 2.24) is 4.31 Å². The molecule has 0 aliphatic rings. The molecule has 5 nitrogen and oxygen atoms in total. The summed E-state index contributed by atoms with van der Waals surface area (Å²) in [6, 6.07) is 4.81. The topological polar surface area (TPSA) is 73.2 Å². The van der Waals surface area contributed by atoms with E-state index in [1.54, 1.807) is 19.9 Å². The fourth-order valence-electron chi connectivity index (χ4n) is 1.19. The number of hydrogen-bond donors (Lipinski definition) is 1. The second-order valence-electron chi connectivity index (χ2n) is 4.02. The van der Waals surface area contributed by atoms with Gasteiger partial charge in [-0.15, -0.1) is 0 Å². The van der Waals surface area contributed by atoms with Crippen LogP contribution in [0.4, 0.5) is 10.1 Å². The molecule has 1 N–H and O–H groups in total. The summed E-state index contributed by atoms with van der Waals surface area (Å²) in [5.41, 5.74) is 0.00197. The average Bonchev–Trinajstić information content (AvgIpc) is 2.30. The molecular weight excluding hydrogens is 257 g/mol. The molecule has 1 rings (SSSR count). The Balaban J connectivity index is 3.10. The van der Waals surface area contributed by atoms with Gasteiger partial charge in [0.1, 0.15) is 11.9 Å². The van der Waals surface area contributed by atoms with Crippen molar-refractivity contribution in [3.63, 3.8) is 0 Å². The Bertz CT molecular complexity index is 578. The van der Waals surface area contributed by atoms with Gasteiger partial charge in [0.05, 0.1) is 11.3 Å². The van der Waals surface area contributed by atoms with Crippen LogP contribution in [-0.4, -0.2) is 25.8 Å². The van der Waals surface area contributed by atoms with Gasteiger partial charge < -0.3 is 0 Å². The summed E-state index contributed by atoms with van der Waals surface area (Å²) in [5.74, 6) is -0.591. The molecule has 98 valence electrons. The first kappa shape index (κ1) is 14.4. The highest BCUT2D eigenvalue weighted by atomic mass is 32.2. The average molecular weight is 271 g/mol. The van der Waals surface area contributed by atoms with Crippen molar-refractivity contribution in [3.05, 3.63) is 29.6 Å². The Morgan fingerprint density at radius 1 is 1.44 bits per heavy atom. The van der Waals surface area contributed by atoms with Crippen molar-refractivity contribution in [2.45, 2.75) is 19.9 Å². The van der Waals surface area contributed by atoms with Gasteiger partial charge in [-0.2, -0.15) is 18.0 Å². The lowest BCUT2D eigenvalue weighted by Gasteiger charge is -2.22. The first-order valence-electron chi connectivity index (χ1n) is 5.23. The van der Waals surface area contributed by atoms with E-state index in [1.807, 2.05) is 0 Å². The molecule has 0 bridgehead atoms. The second-order valence-corrected chi connectivity index (χ2v) is 5.75.